The van der Waals surface area contributed by atoms with E-state index in [9.17, 15) is 4.79 Å². The smallest absolute Gasteiger partial charge is 0.230 e. The van der Waals surface area contributed by atoms with Crippen molar-refractivity contribution in [2.75, 3.05) is 18.9 Å². The van der Waals surface area contributed by atoms with Crippen molar-refractivity contribution >= 4 is 28.4 Å². The molecule has 0 aliphatic rings. The van der Waals surface area contributed by atoms with Gasteiger partial charge in [-0.05, 0) is 42.2 Å². The number of nitrogens with one attached hydrogen (secondary N) is 1. The van der Waals surface area contributed by atoms with E-state index in [-0.39, 0.29) is 12.0 Å². The summed E-state index contributed by atoms with van der Waals surface area (Å²) < 4.78 is 5.70. The lowest BCUT2D eigenvalue weighted by Crippen LogP contribution is -2.31. The van der Waals surface area contributed by atoms with Crippen LogP contribution in [0.5, 0.6) is 0 Å². The first-order valence-electron chi connectivity index (χ1n) is 8.60. The predicted molar refractivity (Wildman–Crippen MR) is 103 cm³/mol. The number of benzene rings is 2. The minimum atomic E-state index is 0.0761. The monoisotopic (exact) mass is 345 g/mol. The Morgan fingerprint density at radius 1 is 1.17 bits per heavy atom. The molecule has 0 heterocycles. The highest BCUT2D eigenvalue weighted by atomic mass is 32.2. The number of rotatable bonds is 9. The Labute approximate surface area is 149 Å². The lowest BCUT2D eigenvalue weighted by molar-refractivity contribution is -0.118. The Morgan fingerprint density at radius 3 is 2.62 bits per heavy atom. The highest BCUT2D eigenvalue weighted by Crippen LogP contribution is 2.23. The molecule has 0 fully saturated rings. The van der Waals surface area contributed by atoms with Gasteiger partial charge in [-0.2, -0.15) is 0 Å². The molecule has 0 aromatic heterocycles. The van der Waals surface area contributed by atoms with Crippen LogP contribution < -0.4 is 5.32 Å². The summed E-state index contributed by atoms with van der Waals surface area (Å²) >= 11 is 1.58. The van der Waals surface area contributed by atoms with Gasteiger partial charge in [0.2, 0.25) is 5.91 Å². The fraction of sp³-hybridized carbons (Fsp3) is 0.450. The van der Waals surface area contributed by atoms with Crippen molar-refractivity contribution in [1.29, 1.82) is 0 Å². The van der Waals surface area contributed by atoms with Crippen LogP contribution in [-0.4, -0.2) is 30.9 Å². The summed E-state index contributed by atoms with van der Waals surface area (Å²) in [7, 11) is 0. The quantitative estimate of drug-likeness (QED) is 0.680. The SMILES string of the molecule is CCO[C@@H](CCNC(=O)CSc1ccc2ccccc2c1)C(C)C. The van der Waals surface area contributed by atoms with Gasteiger partial charge in [0.05, 0.1) is 11.9 Å². The molecule has 1 amide bonds. The van der Waals surface area contributed by atoms with Gasteiger partial charge in [0.25, 0.3) is 0 Å². The first kappa shape index (κ1) is 18.8. The van der Waals surface area contributed by atoms with Crippen LogP contribution in [0.2, 0.25) is 0 Å². The van der Waals surface area contributed by atoms with E-state index in [4.69, 9.17) is 4.74 Å². The first-order valence-corrected chi connectivity index (χ1v) is 9.58. The zero-order chi connectivity index (χ0) is 17.4. The molecule has 2 rings (SSSR count). The molecule has 2 aromatic rings. The summed E-state index contributed by atoms with van der Waals surface area (Å²) in [6.45, 7) is 7.69. The number of fused-ring (bicyclic) bond motifs is 1. The molecule has 2 aromatic carbocycles. The molecule has 0 aliphatic heterocycles. The normalized spacial score (nSPS) is 12.5. The number of amides is 1. The number of carbonyl (C=O) groups excluding carboxylic acids is 1. The lowest BCUT2D eigenvalue weighted by atomic mass is 10.0. The molecule has 3 nitrogen and oxygen atoms in total. The van der Waals surface area contributed by atoms with Crippen LogP contribution in [0.1, 0.15) is 27.2 Å². The average Bonchev–Trinajstić information content (AvgIpc) is 2.59. The minimum Gasteiger partial charge on any atom is -0.378 e. The molecule has 0 bridgehead atoms. The summed E-state index contributed by atoms with van der Waals surface area (Å²) in [5.74, 6) is 0.986. The maximum Gasteiger partial charge on any atom is 0.230 e. The summed E-state index contributed by atoms with van der Waals surface area (Å²) in [6, 6.07) is 14.6. The number of hydrogen-bond acceptors (Lipinski definition) is 3. The van der Waals surface area contributed by atoms with E-state index in [1.165, 1.54) is 10.8 Å². The van der Waals surface area contributed by atoms with Crippen molar-refractivity contribution in [3.63, 3.8) is 0 Å². The van der Waals surface area contributed by atoms with Crippen LogP contribution in [-0.2, 0) is 9.53 Å². The number of thioether (sulfide) groups is 1. The topological polar surface area (TPSA) is 38.3 Å². The lowest BCUT2D eigenvalue weighted by Gasteiger charge is -2.20. The Bertz CT molecular complexity index is 657. The summed E-state index contributed by atoms with van der Waals surface area (Å²) in [4.78, 5) is 13.1. The molecule has 0 unspecified atom stereocenters. The Morgan fingerprint density at radius 2 is 1.92 bits per heavy atom. The van der Waals surface area contributed by atoms with Crippen LogP contribution in [0.4, 0.5) is 0 Å². The van der Waals surface area contributed by atoms with Crippen LogP contribution in [0, 0.1) is 5.92 Å². The van der Waals surface area contributed by atoms with E-state index in [0.717, 1.165) is 11.3 Å². The predicted octanol–water partition coefficient (Wildman–Crippen LogP) is 4.50. The average molecular weight is 346 g/mol. The third-order valence-corrected chi connectivity index (χ3v) is 4.96. The molecule has 4 heteroatoms. The molecular weight excluding hydrogens is 318 g/mol. The first-order chi connectivity index (χ1) is 11.6. The molecule has 0 aliphatic carbocycles. The van der Waals surface area contributed by atoms with Gasteiger partial charge in [0, 0.05) is 18.0 Å². The van der Waals surface area contributed by atoms with Gasteiger partial charge in [-0.3, -0.25) is 4.79 Å². The van der Waals surface area contributed by atoms with Crippen molar-refractivity contribution in [2.24, 2.45) is 5.92 Å². The maximum absolute atomic E-state index is 12.0. The second-order valence-corrected chi connectivity index (χ2v) is 7.22. The van der Waals surface area contributed by atoms with Crippen LogP contribution in [0.3, 0.4) is 0 Å². The molecular formula is C20H27NO2S. The van der Waals surface area contributed by atoms with Crippen molar-refractivity contribution in [1.82, 2.24) is 5.32 Å². The van der Waals surface area contributed by atoms with E-state index in [1.807, 2.05) is 19.1 Å². The van der Waals surface area contributed by atoms with Crippen molar-refractivity contribution in [3.8, 4) is 0 Å². The number of ether oxygens (including phenoxy) is 1. The molecule has 1 atom stereocenters. The van der Waals surface area contributed by atoms with Crippen LogP contribution in [0.25, 0.3) is 10.8 Å². The van der Waals surface area contributed by atoms with Gasteiger partial charge in [0.15, 0.2) is 0 Å². The van der Waals surface area contributed by atoms with Gasteiger partial charge >= 0.3 is 0 Å². The van der Waals surface area contributed by atoms with Crippen molar-refractivity contribution in [2.45, 2.75) is 38.2 Å². The second-order valence-electron chi connectivity index (χ2n) is 6.17. The standard InChI is InChI=1S/C20H27NO2S/c1-4-23-19(15(2)3)11-12-21-20(22)14-24-18-10-9-16-7-5-6-8-17(16)13-18/h5-10,13,15,19H,4,11-12,14H2,1-3H3,(H,21,22)/t19-/m0/s1. The van der Waals surface area contributed by atoms with E-state index < -0.39 is 0 Å². The van der Waals surface area contributed by atoms with Gasteiger partial charge in [-0.25, -0.2) is 0 Å². The van der Waals surface area contributed by atoms with E-state index in [1.54, 1.807) is 11.8 Å². The van der Waals surface area contributed by atoms with E-state index in [2.05, 4.69) is 49.5 Å². The van der Waals surface area contributed by atoms with Gasteiger partial charge in [-0.1, -0.05) is 44.2 Å². The largest absolute Gasteiger partial charge is 0.378 e. The van der Waals surface area contributed by atoms with Crippen molar-refractivity contribution in [3.05, 3.63) is 42.5 Å². The Kier molecular flexibility index (Phi) is 7.60. The molecule has 0 saturated heterocycles. The van der Waals surface area contributed by atoms with Crippen molar-refractivity contribution < 1.29 is 9.53 Å². The third kappa shape index (κ3) is 5.84. The Balaban J connectivity index is 1.76. The number of carbonyl (C=O) groups is 1. The van der Waals surface area contributed by atoms with Gasteiger partial charge in [0.1, 0.15) is 0 Å². The Hall–Kier alpha value is -1.52. The van der Waals surface area contributed by atoms with Crippen LogP contribution >= 0.6 is 11.8 Å². The molecule has 0 saturated carbocycles. The zero-order valence-corrected chi connectivity index (χ0v) is 15.6. The van der Waals surface area contributed by atoms with Crippen LogP contribution in [0.15, 0.2) is 47.4 Å². The molecule has 130 valence electrons. The zero-order valence-electron chi connectivity index (χ0n) is 14.7. The molecule has 0 spiro atoms. The van der Waals surface area contributed by atoms with E-state index in [0.29, 0.717) is 24.8 Å². The fourth-order valence-corrected chi connectivity index (χ4v) is 3.41. The van der Waals surface area contributed by atoms with E-state index >= 15 is 0 Å². The summed E-state index contributed by atoms with van der Waals surface area (Å²) in [6.07, 6.45) is 1.07. The maximum atomic E-state index is 12.0. The minimum absolute atomic E-state index is 0.0761. The molecule has 0 radical (unpaired) electrons. The highest BCUT2D eigenvalue weighted by molar-refractivity contribution is 8.00. The second kappa shape index (κ2) is 9.70. The summed E-state index contributed by atoms with van der Waals surface area (Å²) in [5.41, 5.74) is 0. The third-order valence-electron chi connectivity index (χ3n) is 3.97. The van der Waals surface area contributed by atoms with Gasteiger partial charge in [-0.15, -0.1) is 11.8 Å². The van der Waals surface area contributed by atoms with Gasteiger partial charge < -0.3 is 10.1 Å². The summed E-state index contributed by atoms with van der Waals surface area (Å²) in [5, 5.41) is 5.43. The molecule has 24 heavy (non-hydrogen) atoms. The molecule has 1 N–H and O–H groups in total. The number of hydrogen-bond donors (Lipinski definition) is 1. The highest BCUT2D eigenvalue weighted by Gasteiger charge is 2.13. The fourth-order valence-electron chi connectivity index (χ4n) is 2.63.